The first kappa shape index (κ1) is 18.0. The molecule has 4 rings (SSSR count). The number of amides is 1. The SMILES string of the molecule is Cc1ccc(-c2cc3ccccn3c2C(=O)C(=O)Nc2ccc(Cl)cc2)cc1. The second kappa shape index (κ2) is 7.33. The number of hydrogen-bond donors (Lipinski definition) is 1. The summed E-state index contributed by atoms with van der Waals surface area (Å²) in [6.07, 6.45) is 1.79. The Morgan fingerprint density at radius 1 is 0.929 bits per heavy atom. The first-order valence-electron chi connectivity index (χ1n) is 8.81. The van der Waals surface area contributed by atoms with E-state index >= 15 is 0 Å². The maximum atomic E-state index is 13.1. The second-order valence-corrected chi connectivity index (χ2v) is 6.99. The van der Waals surface area contributed by atoms with Crippen LogP contribution in [-0.4, -0.2) is 16.1 Å². The van der Waals surface area contributed by atoms with Crippen LogP contribution in [0.2, 0.25) is 5.02 Å². The molecule has 0 aliphatic carbocycles. The first-order valence-corrected chi connectivity index (χ1v) is 9.19. The third-order valence-electron chi connectivity index (χ3n) is 4.57. The first-order chi connectivity index (χ1) is 13.5. The van der Waals surface area contributed by atoms with E-state index in [4.69, 9.17) is 11.6 Å². The zero-order valence-corrected chi connectivity index (χ0v) is 15.9. The summed E-state index contributed by atoms with van der Waals surface area (Å²) in [5.74, 6) is -1.30. The molecule has 0 spiro atoms. The lowest BCUT2D eigenvalue weighted by molar-refractivity contribution is -0.112. The van der Waals surface area contributed by atoms with E-state index in [9.17, 15) is 9.59 Å². The number of fused-ring (bicyclic) bond motifs is 1. The van der Waals surface area contributed by atoms with E-state index in [0.717, 1.165) is 22.2 Å². The second-order valence-electron chi connectivity index (χ2n) is 6.56. The summed E-state index contributed by atoms with van der Waals surface area (Å²) in [5.41, 5.74) is 4.44. The Balaban J connectivity index is 1.76. The van der Waals surface area contributed by atoms with Crippen molar-refractivity contribution < 1.29 is 9.59 Å². The van der Waals surface area contributed by atoms with Gasteiger partial charge in [0, 0.05) is 28.0 Å². The summed E-state index contributed by atoms with van der Waals surface area (Å²) in [7, 11) is 0. The minimum absolute atomic E-state index is 0.339. The van der Waals surface area contributed by atoms with Crippen LogP contribution in [0.25, 0.3) is 16.6 Å². The predicted molar refractivity (Wildman–Crippen MR) is 112 cm³/mol. The van der Waals surface area contributed by atoms with Crippen molar-refractivity contribution in [2.45, 2.75) is 6.92 Å². The number of carbonyl (C=O) groups excluding carboxylic acids is 2. The molecule has 2 aromatic heterocycles. The highest BCUT2D eigenvalue weighted by atomic mass is 35.5. The van der Waals surface area contributed by atoms with Crippen LogP contribution in [-0.2, 0) is 4.79 Å². The van der Waals surface area contributed by atoms with E-state index in [1.807, 2.05) is 55.5 Å². The van der Waals surface area contributed by atoms with Crippen LogP contribution in [0.5, 0.6) is 0 Å². The molecule has 0 bridgehead atoms. The van der Waals surface area contributed by atoms with Gasteiger partial charge in [0.05, 0.1) is 0 Å². The summed E-state index contributed by atoms with van der Waals surface area (Å²) < 4.78 is 1.75. The van der Waals surface area contributed by atoms with E-state index in [1.54, 1.807) is 34.9 Å². The highest BCUT2D eigenvalue weighted by Crippen LogP contribution is 2.29. The maximum absolute atomic E-state index is 13.1. The summed E-state index contributed by atoms with van der Waals surface area (Å²) in [4.78, 5) is 25.8. The van der Waals surface area contributed by atoms with Gasteiger partial charge in [0.15, 0.2) is 0 Å². The molecule has 0 aliphatic rings. The van der Waals surface area contributed by atoms with Crippen LogP contribution in [0.4, 0.5) is 5.69 Å². The molecule has 0 saturated heterocycles. The summed E-state index contributed by atoms with van der Waals surface area (Å²) >= 11 is 5.87. The number of ketones is 1. The number of rotatable bonds is 4. The Morgan fingerprint density at radius 2 is 1.64 bits per heavy atom. The molecule has 2 aromatic carbocycles. The van der Waals surface area contributed by atoms with Crippen molar-refractivity contribution >= 4 is 34.5 Å². The highest BCUT2D eigenvalue weighted by Gasteiger charge is 2.24. The Morgan fingerprint density at radius 3 is 2.36 bits per heavy atom. The number of Topliss-reactive ketones (excluding diaryl/α,β-unsaturated/α-hetero) is 1. The standard InChI is InChI=1S/C23H17ClN2O2/c1-15-5-7-16(8-6-15)20-14-19-4-2-3-13-26(19)21(20)22(27)23(28)25-18-11-9-17(24)10-12-18/h2-14H,1H3,(H,25,28). The Labute approximate surface area is 167 Å². The quantitative estimate of drug-likeness (QED) is 0.376. The summed E-state index contributed by atoms with van der Waals surface area (Å²) in [5, 5.41) is 3.21. The van der Waals surface area contributed by atoms with E-state index in [2.05, 4.69) is 5.32 Å². The van der Waals surface area contributed by atoms with E-state index < -0.39 is 11.7 Å². The van der Waals surface area contributed by atoms with E-state index in [-0.39, 0.29) is 0 Å². The summed E-state index contributed by atoms with van der Waals surface area (Å²) in [6, 6.07) is 22.1. The topological polar surface area (TPSA) is 50.6 Å². The third kappa shape index (κ3) is 3.42. The van der Waals surface area contributed by atoms with Crippen LogP contribution in [0, 0.1) is 6.92 Å². The van der Waals surface area contributed by atoms with Gasteiger partial charge in [-0.1, -0.05) is 47.5 Å². The van der Waals surface area contributed by atoms with Crippen molar-refractivity contribution in [2.75, 3.05) is 5.32 Å². The predicted octanol–water partition coefficient (Wildman–Crippen LogP) is 5.39. The van der Waals surface area contributed by atoms with Crippen molar-refractivity contribution in [3.05, 3.63) is 95.3 Å². The molecule has 138 valence electrons. The molecule has 1 N–H and O–H groups in total. The van der Waals surface area contributed by atoms with Crippen LogP contribution >= 0.6 is 11.6 Å². The van der Waals surface area contributed by atoms with Crippen LogP contribution in [0.1, 0.15) is 16.1 Å². The van der Waals surface area contributed by atoms with Gasteiger partial charge in [0.2, 0.25) is 0 Å². The molecule has 0 fully saturated rings. The summed E-state index contributed by atoms with van der Waals surface area (Å²) in [6.45, 7) is 2.01. The van der Waals surface area contributed by atoms with Crippen LogP contribution < -0.4 is 5.32 Å². The Hall–Kier alpha value is -3.37. The van der Waals surface area contributed by atoms with Gasteiger partial charge in [-0.2, -0.15) is 0 Å². The van der Waals surface area contributed by atoms with E-state index in [1.165, 1.54) is 0 Å². The Bertz CT molecular complexity index is 1180. The molecule has 5 heteroatoms. The number of carbonyl (C=O) groups is 2. The molecule has 0 saturated carbocycles. The minimum Gasteiger partial charge on any atom is -0.319 e. The normalized spacial score (nSPS) is 10.8. The molecule has 0 atom stereocenters. The monoisotopic (exact) mass is 388 g/mol. The van der Waals surface area contributed by atoms with Gasteiger partial charge in [0.25, 0.3) is 11.7 Å². The number of aromatic nitrogens is 1. The van der Waals surface area contributed by atoms with Crippen molar-refractivity contribution in [3.63, 3.8) is 0 Å². The lowest BCUT2D eigenvalue weighted by Crippen LogP contribution is -2.24. The van der Waals surface area contributed by atoms with Crippen molar-refractivity contribution in [2.24, 2.45) is 0 Å². The number of benzene rings is 2. The molecular formula is C23H17ClN2O2. The Kier molecular flexibility index (Phi) is 4.72. The molecule has 28 heavy (non-hydrogen) atoms. The van der Waals surface area contributed by atoms with Gasteiger partial charge in [-0.15, -0.1) is 0 Å². The van der Waals surface area contributed by atoms with Crippen molar-refractivity contribution in [1.82, 2.24) is 4.40 Å². The fraction of sp³-hybridized carbons (Fsp3) is 0.0435. The molecule has 0 unspecified atom stereocenters. The number of pyridine rings is 1. The molecule has 4 nitrogen and oxygen atoms in total. The number of aryl methyl sites for hydroxylation is 1. The highest BCUT2D eigenvalue weighted by molar-refractivity contribution is 6.47. The zero-order valence-electron chi connectivity index (χ0n) is 15.1. The largest absolute Gasteiger partial charge is 0.319 e. The van der Waals surface area contributed by atoms with Gasteiger partial charge < -0.3 is 9.72 Å². The lowest BCUT2D eigenvalue weighted by atomic mass is 10.0. The molecule has 0 radical (unpaired) electrons. The van der Waals surface area contributed by atoms with Gasteiger partial charge in [-0.25, -0.2) is 0 Å². The fourth-order valence-corrected chi connectivity index (χ4v) is 3.26. The van der Waals surface area contributed by atoms with Crippen molar-refractivity contribution in [3.8, 4) is 11.1 Å². The molecule has 2 heterocycles. The van der Waals surface area contributed by atoms with Gasteiger partial charge in [0.1, 0.15) is 5.69 Å². The molecule has 0 aliphatic heterocycles. The minimum atomic E-state index is -0.695. The third-order valence-corrected chi connectivity index (χ3v) is 4.82. The fourth-order valence-electron chi connectivity index (χ4n) is 3.14. The zero-order chi connectivity index (χ0) is 19.7. The molecule has 4 aromatic rings. The maximum Gasteiger partial charge on any atom is 0.298 e. The van der Waals surface area contributed by atoms with Crippen molar-refractivity contribution in [1.29, 1.82) is 0 Å². The number of hydrogen-bond acceptors (Lipinski definition) is 2. The average Bonchev–Trinajstić information content (AvgIpc) is 3.09. The smallest absolute Gasteiger partial charge is 0.298 e. The lowest BCUT2D eigenvalue weighted by Gasteiger charge is -2.08. The van der Waals surface area contributed by atoms with E-state index in [0.29, 0.717) is 16.4 Å². The van der Waals surface area contributed by atoms with Crippen LogP contribution in [0.15, 0.2) is 79.0 Å². The van der Waals surface area contributed by atoms with Gasteiger partial charge in [-0.05, 0) is 55.0 Å². The van der Waals surface area contributed by atoms with Gasteiger partial charge >= 0.3 is 0 Å². The van der Waals surface area contributed by atoms with Gasteiger partial charge in [-0.3, -0.25) is 9.59 Å². The van der Waals surface area contributed by atoms with Crippen LogP contribution in [0.3, 0.4) is 0 Å². The molecule has 1 amide bonds. The number of nitrogens with one attached hydrogen (secondary N) is 1. The molecular weight excluding hydrogens is 372 g/mol. The number of nitrogens with zero attached hydrogens (tertiary/aromatic N) is 1. The average molecular weight is 389 g/mol. The number of halogens is 1. The number of anilines is 1.